The van der Waals surface area contributed by atoms with Crippen LogP contribution in [0.25, 0.3) is 0 Å². The molecule has 0 aromatic heterocycles. The summed E-state index contributed by atoms with van der Waals surface area (Å²) in [5.41, 5.74) is 8.23. The first-order valence-corrected chi connectivity index (χ1v) is 6.53. The first-order valence-electron chi connectivity index (χ1n) is 6.53. The molecule has 2 nitrogen and oxygen atoms in total. The summed E-state index contributed by atoms with van der Waals surface area (Å²) < 4.78 is 0. The van der Waals surface area contributed by atoms with Gasteiger partial charge in [-0.1, -0.05) is 27.7 Å². The second-order valence-electron chi connectivity index (χ2n) is 5.89. The molecule has 1 aromatic carbocycles. The molecular weight excluding hydrogens is 208 g/mol. The number of hydrogen-bond donors (Lipinski definition) is 1. The SMILES string of the molecule is CCCN(CCC(C)(C)C)c1ccc(N)cc1. The molecule has 0 unspecified atom stereocenters. The van der Waals surface area contributed by atoms with Crippen LogP contribution in [0.1, 0.15) is 40.5 Å². The van der Waals surface area contributed by atoms with Crippen molar-refractivity contribution < 1.29 is 0 Å². The highest BCUT2D eigenvalue weighted by molar-refractivity contribution is 5.53. The summed E-state index contributed by atoms with van der Waals surface area (Å²) in [6, 6.07) is 8.20. The summed E-state index contributed by atoms with van der Waals surface area (Å²) in [6.07, 6.45) is 2.38. The van der Waals surface area contributed by atoms with Crippen molar-refractivity contribution in [2.45, 2.75) is 40.5 Å². The van der Waals surface area contributed by atoms with Crippen LogP contribution in [0.15, 0.2) is 24.3 Å². The molecule has 0 saturated heterocycles. The minimum atomic E-state index is 0.389. The van der Waals surface area contributed by atoms with E-state index in [1.165, 1.54) is 18.5 Å². The van der Waals surface area contributed by atoms with Crippen molar-refractivity contribution in [1.82, 2.24) is 0 Å². The Kier molecular flexibility index (Phi) is 4.86. The Morgan fingerprint density at radius 3 is 2.12 bits per heavy atom. The molecule has 1 rings (SSSR count). The van der Waals surface area contributed by atoms with E-state index in [2.05, 4.69) is 44.7 Å². The summed E-state index contributed by atoms with van der Waals surface area (Å²) in [4.78, 5) is 2.45. The van der Waals surface area contributed by atoms with Crippen LogP contribution in [0.5, 0.6) is 0 Å². The van der Waals surface area contributed by atoms with Gasteiger partial charge in [0, 0.05) is 24.5 Å². The van der Waals surface area contributed by atoms with E-state index in [0.717, 1.165) is 18.8 Å². The van der Waals surface area contributed by atoms with E-state index in [4.69, 9.17) is 5.73 Å². The third-order valence-corrected chi connectivity index (χ3v) is 2.88. The molecule has 0 radical (unpaired) electrons. The van der Waals surface area contributed by atoms with E-state index in [1.54, 1.807) is 0 Å². The second-order valence-corrected chi connectivity index (χ2v) is 5.89. The van der Waals surface area contributed by atoms with Crippen LogP contribution in [0.3, 0.4) is 0 Å². The molecule has 0 saturated carbocycles. The van der Waals surface area contributed by atoms with E-state index >= 15 is 0 Å². The Morgan fingerprint density at radius 2 is 1.65 bits per heavy atom. The largest absolute Gasteiger partial charge is 0.399 e. The Morgan fingerprint density at radius 1 is 1.06 bits per heavy atom. The van der Waals surface area contributed by atoms with E-state index in [9.17, 15) is 0 Å². The first kappa shape index (κ1) is 13.9. The number of nitrogen functional groups attached to an aromatic ring is 1. The summed E-state index contributed by atoms with van der Waals surface area (Å²) >= 11 is 0. The Balaban J connectivity index is 2.68. The van der Waals surface area contributed by atoms with E-state index in [0.29, 0.717) is 5.41 Å². The highest BCUT2D eigenvalue weighted by Crippen LogP contribution is 2.22. The molecule has 2 heteroatoms. The summed E-state index contributed by atoms with van der Waals surface area (Å²) in [6.45, 7) is 11.3. The molecule has 2 N–H and O–H groups in total. The maximum Gasteiger partial charge on any atom is 0.0367 e. The van der Waals surface area contributed by atoms with Gasteiger partial charge in [-0.2, -0.15) is 0 Å². The van der Waals surface area contributed by atoms with E-state index in [-0.39, 0.29) is 0 Å². The zero-order valence-electron chi connectivity index (χ0n) is 11.7. The maximum atomic E-state index is 5.73. The van der Waals surface area contributed by atoms with Gasteiger partial charge in [0.2, 0.25) is 0 Å². The lowest BCUT2D eigenvalue weighted by Crippen LogP contribution is -2.28. The molecule has 0 aliphatic carbocycles. The van der Waals surface area contributed by atoms with Gasteiger partial charge >= 0.3 is 0 Å². The topological polar surface area (TPSA) is 29.3 Å². The molecule has 0 heterocycles. The summed E-state index contributed by atoms with van der Waals surface area (Å²) in [5.74, 6) is 0. The predicted octanol–water partition coefficient (Wildman–Crippen LogP) is 3.92. The van der Waals surface area contributed by atoms with Crippen LogP contribution in [0, 0.1) is 5.41 Å². The normalized spacial score (nSPS) is 11.5. The van der Waals surface area contributed by atoms with Gasteiger partial charge in [-0.15, -0.1) is 0 Å². The molecule has 0 spiro atoms. The Bertz CT molecular complexity index is 322. The molecule has 0 fully saturated rings. The summed E-state index contributed by atoms with van der Waals surface area (Å²) in [7, 11) is 0. The van der Waals surface area contributed by atoms with Crippen molar-refractivity contribution in [3.05, 3.63) is 24.3 Å². The average molecular weight is 234 g/mol. The molecule has 0 bridgehead atoms. The molecule has 96 valence electrons. The average Bonchev–Trinajstić information content (AvgIpc) is 2.24. The van der Waals surface area contributed by atoms with Crippen molar-refractivity contribution in [2.75, 3.05) is 23.7 Å². The van der Waals surface area contributed by atoms with Gasteiger partial charge in [0.15, 0.2) is 0 Å². The van der Waals surface area contributed by atoms with E-state index in [1.807, 2.05) is 12.1 Å². The quantitative estimate of drug-likeness (QED) is 0.782. The number of hydrogen-bond acceptors (Lipinski definition) is 2. The van der Waals surface area contributed by atoms with Gasteiger partial charge in [0.25, 0.3) is 0 Å². The highest BCUT2D eigenvalue weighted by atomic mass is 15.1. The van der Waals surface area contributed by atoms with Gasteiger partial charge in [0.05, 0.1) is 0 Å². The fourth-order valence-corrected chi connectivity index (χ4v) is 1.80. The van der Waals surface area contributed by atoms with Gasteiger partial charge in [-0.25, -0.2) is 0 Å². The van der Waals surface area contributed by atoms with Crippen LogP contribution in [0.4, 0.5) is 11.4 Å². The lowest BCUT2D eigenvalue weighted by Gasteiger charge is -2.28. The molecule has 17 heavy (non-hydrogen) atoms. The zero-order chi connectivity index (χ0) is 12.9. The van der Waals surface area contributed by atoms with Crippen molar-refractivity contribution in [2.24, 2.45) is 5.41 Å². The second kappa shape index (κ2) is 5.95. The lowest BCUT2D eigenvalue weighted by molar-refractivity contribution is 0.378. The Hall–Kier alpha value is -1.18. The highest BCUT2D eigenvalue weighted by Gasteiger charge is 2.13. The van der Waals surface area contributed by atoms with E-state index < -0.39 is 0 Å². The van der Waals surface area contributed by atoms with Gasteiger partial charge in [-0.3, -0.25) is 0 Å². The molecular formula is C15H26N2. The van der Waals surface area contributed by atoms with Gasteiger partial charge in [-0.05, 0) is 42.5 Å². The maximum absolute atomic E-state index is 5.73. The van der Waals surface area contributed by atoms with Gasteiger partial charge < -0.3 is 10.6 Å². The first-order chi connectivity index (χ1) is 7.92. The standard InChI is InChI=1S/C15H26N2/c1-5-11-17(12-10-15(2,3)4)14-8-6-13(16)7-9-14/h6-9H,5,10-12,16H2,1-4H3. The van der Waals surface area contributed by atoms with Crippen LogP contribution in [-0.4, -0.2) is 13.1 Å². The van der Waals surface area contributed by atoms with Crippen LogP contribution < -0.4 is 10.6 Å². The smallest absolute Gasteiger partial charge is 0.0367 e. The third-order valence-electron chi connectivity index (χ3n) is 2.88. The number of rotatable bonds is 5. The molecule has 0 aliphatic rings. The number of nitrogens with zero attached hydrogens (tertiary/aromatic N) is 1. The Labute approximate surface area is 106 Å². The predicted molar refractivity (Wildman–Crippen MR) is 77.4 cm³/mol. The van der Waals surface area contributed by atoms with Crippen LogP contribution >= 0.6 is 0 Å². The molecule has 1 aromatic rings. The van der Waals surface area contributed by atoms with Crippen LogP contribution in [-0.2, 0) is 0 Å². The monoisotopic (exact) mass is 234 g/mol. The van der Waals surface area contributed by atoms with Crippen molar-refractivity contribution in [3.8, 4) is 0 Å². The van der Waals surface area contributed by atoms with Crippen molar-refractivity contribution in [3.63, 3.8) is 0 Å². The molecule has 0 amide bonds. The third kappa shape index (κ3) is 5.12. The number of anilines is 2. The summed E-state index contributed by atoms with van der Waals surface area (Å²) in [5, 5.41) is 0. The molecule has 0 aliphatic heterocycles. The number of nitrogens with two attached hydrogens (primary N) is 1. The van der Waals surface area contributed by atoms with Crippen LogP contribution in [0.2, 0.25) is 0 Å². The molecule has 0 atom stereocenters. The fraction of sp³-hybridized carbons (Fsp3) is 0.600. The zero-order valence-corrected chi connectivity index (χ0v) is 11.7. The van der Waals surface area contributed by atoms with Crippen molar-refractivity contribution >= 4 is 11.4 Å². The number of benzene rings is 1. The lowest BCUT2D eigenvalue weighted by atomic mass is 9.92. The van der Waals surface area contributed by atoms with Crippen molar-refractivity contribution in [1.29, 1.82) is 0 Å². The fourth-order valence-electron chi connectivity index (χ4n) is 1.80. The minimum absolute atomic E-state index is 0.389. The van der Waals surface area contributed by atoms with Gasteiger partial charge in [0.1, 0.15) is 0 Å². The minimum Gasteiger partial charge on any atom is -0.399 e.